The molecule has 140 valence electrons. The maximum atomic E-state index is 12.4. The average Bonchev–Trinajstić information content (AvgIpc) is 2.65. The molecule has 3 rings (SSSR count). The molecule has 3 aromatic rings. The number of hydrogen-bond donors (Lipinski definition) is 4. The molecule has 0 aliphatic carbocycles. The lowest BCUT2D eigenvalue weighted by Crippen LogP contribution is -2.11. The van der Waals surface area contributed by atoms with Gasteiger partial charge >= 0.3 is 0 Å². The van der Waals surface area contributed by atoms with Crippen LogP contribution in [0.3, 0.4) is 0 Å². The van der Waals surface area contributed by atoms with Gasteiger partial charge in [-0.2, -0.15) is 4.98 Å². The van der Waals surface area contributed by atoms with E-state index in [4.69, 9.17) is 0 Å². The quantitative estimate of drug-likeness (QED) is 0.533. The second kappa shape index (κ2) is 7.90. The molecule has 0 saturated heterocycles. The highest BCUT2D eigenvalue weighted by molar-refractivity contribution is 5.74. The van der Waals surface area contributed by atoms with Crippen molar-refractivity contribution in [3.8, 4) is 11.1 Å². The molecule has 2 aromatic heterocycles. The molecule has 0 fully saturated rings. The van der Waals surface area contributed by atoms with Gasteiger partial charge in [-0.25, -0.2) is 4.98 Å². The van der Waals surface area contributed by atoms with Crippen LogP contribution < -0.4 is 21.5 Å². The van der Waals surface area contributed by atoms with Gasteiger partial charge in [0.1, 0.15) is 5.82 Å². The molecule has 0 spiro atoms. The summed E-state index contributed by atoms with van der Waals surface area (Å²) in [5.74, 6) is 1.25. The van der Waals surface area contributed by atoms with Gasteiger partial charge in [0.15, 0.2) is 0 Å². The van der Waals surface area contributed by atoms with Crippen molar-refractivity contribution < 1.29 is 0 Å². The van der Waals surface area contributed by atoms with E-state index in [-0.39, 0.29) is 5.56 Å². The number of anilines is 4. The number of nitrogens with zero attached hydrogens (tertiary/aromatic N) is 2. The summed E-state index contributed by atoms with van der Waals surface area (Å²) in [4.78, 5) is 24.0. The van der Waals surface area contributed by atoms with E-state index >= 15 is 0 Å². The van der Waals surface area contributed by atoms with Crippen LogP contribution >= 0.6 is 0 Å². The van der Waals surface area contributed by atoms with Gasteiger partial charge in [-0.3, -0.25) is 4.79 Å². The van der Waals surface area contributed by atoms with Crippen LogP contribution in [-0.2, 0) is 0 Å². The van der Waals surface area contributed by atoms with Crippen molar-refractivity contribution in [1.29, 1.82) is 0 Å². The Bertz CT molecular complexity index is 1010. The molecule has 4 N–H and O–H groups in total. The first kappa shape index (κ1) is 18.4. The number of hydrogen-bond acceptors (Lipinski definition) is 6. The van der Waals surface area contributed by atoms with Gasteiger partial charge < -0.3 is 20.9 Å². The number of pyridine rings is 1. The number of aromatic amines is 1. The summed E-state index contributed by atoms with van der Waals surface area (Å²) >= 11 is 0. The van der Waals surface area contributed by atoms with Crippen LogP contribution in [0.2, 0.25) is 0 Å². The van der Waals surface area contributed by atoms with E-state index in [1.54, 1.807) is 6.20 Å². The molecular formula is C20H24N6O. The monoisotopic (exact) mass is 364 g/mol. The Balaban J connectivity index is 1.99. The minimum atomic E-state index is -0.124. The molecule has 27 heavy (non-hydrogen) atoms. The molecule has 7 heteroatoms. The standard InChI is InChI=1S/C20H24N6O/c1-5-22-15-10-17(19(27)23-11-15)16-9-14(7-6-12(16)2)25-20-24-13(3)8-18(21-4)26-20/h6-11,22H,5H2,1-4H3,(H,23,27)(H2,21,24,25,26). The van der Waals surface area contributed by atoms with Gasteiger partial charge in [0.25, 0.3) is 5.56 Å². The van der Waals surface area contributed by atoms with Crippen molar-refractivity contribution in [1.82, 2.24) is 15.0 Å². The van der Waals surface area contributed by atoms with Crippen molar-refractivity contribution in [2.75, 3.05) is 29.5 Å². The molecule has 0 saturated carbocycles. The first-order valence-electron chi connectivity index (χ1n) is 8.88. The molecule has 0 aliphatic rings. The summed E-state index contributed by atoms with van der Waals surface area (Å²) in [6.45, 7) is 6.70. The molecule has 2 heterocycles. The van der Waals surface area contributed by atoms with E-state index in [1.807, 2.05) is 58.2 Å². The number of benzene rings is 1. The maximum absolute atomic E-state index is 12.4. The molecule has 1 aromatic carbocycles. The zero-order valence-electron chi connectivity index (χ0n) is 16.0. The molecule has 0 amide bonds. The summed E-state index contributed by atoms with van der Waals surface area (Å²) in [5.41, 5.74) is 4.93. The maximum Gasteiger partial charge on any atom is 0.255 e. The third-order valence-corrected chi connectivity index (χ3v) is 4.18. The fraction of sp³-hybridized carbons (Fsp3) is 0.250. The summed E-state index contributed by atoms with van der Waals surface area (Å²) in [6, 6.07) is 9.62. The average molecular weight is 364 g/mol. The van der Waals surface area contributed by atoms with E-state index in [0.29, 0.717) is 11.5 Å². The summed E-state index contributed by atoms with van der Waals surface area (Å²) in [6.07, 6.45) is 1.69. The predicted molar refractivity (Wildman–Crippen MR) is 111 cm³/mol. The highest BCUT2D eigenvalue weighted by Crippen LogP contribution is 2.27. The van der Waals surface area contributed by atoms with Crippen LogP contribution in [0, 0.1) is 13.8 Å². The number of aryl methyl sites for hydroxylation is 2. The topological polar surface area (TPSA) is 94.7 Å². The van der Waals surface area contributed by atoms with Crippen LogP contribution in [0.4, 0.5) is 23.1 Å². The van der Waals surface area contributed by atoms with Gasteiger partial charge in [-0.05, 0) is 50.1 Å². The summed E-state index contributed by atoms with van der Waals surface area (Å²) in [7, 11) is 1.82. The Morgan fingerprint density at radius 2 is 1.81 bits per heavy atom. The van der Waals surface area contributed by atoms with Crippen LogP contribution in [-0.4, -0.2) is 28.5 Å². The number of H-pyrrole nitrogens is 1. The molecule has 0 radical (unpaired) electrons. The molecule has 0 bridgehead atoms. The molecule has 0 atom stereocenters. The lowest BCUT2D eigenvalue weighted by molar-refractivity contribution is 1.10. The van der Waals surface area contributed by atoms with E-state index in [2.05, 4.69) is 30.9 Å². The lowest BCUT2D eigenvalue weighted by atomic mass is 10.0. The second-order valence-corrected chi connectivity index (χ2v) is 6.28. The highest BCUT2D eigenvalue weighted by atomic mass is 16.1. The van der Waals surface area contributed by atoms with Crippen LogP contribution in [0.1, 0.15) is 18.2 Å². The van der Waals surface area contributed by atoms with Crippen LogP contribution in [0.25, 0.3) is 11.1 Å². The number of aromatic nitrogens is 3. The zero-order valence-corrected chi connectivity index (χ0v) is 16.0. The number of rotatable bonds is 6. The van der Waals surface area contributed by atoms with Gasteiger partial charge in [0.05, 0.1) is 5.69 Å². The first-order chi connectivity index (χ1) is 13.0. The summed E-state index contributed by atoms with van der Waals surface area (Å²) < 4.78 is 0. The SMILES string of the molecule is CCNc1c[nH]c(=O)c(-c2cc(Nc3nc(C)cc(NC)n3)ccc2C)c1. The fourth-order valence-electron chi connectivity index (χ4n) is 2.86. The summed E-state index contributed by atoms with van der Waals surface area (Å²) in [5, 5.41) is 9.47. The third kappa shape index (κ3) is 4.25. The Kier molecular flexibility index (Phi) is 5.40. The fourth-order valence-corrected chi connectivity index (χ4v) is 2.86. The van der Waals surface area contributed by atoms with Crippen molar-refractivity contribution in [3.63, 3.8) is 0 Å². The molecule has 0 aliphatic heterocycles. The van der Waals surface area contributed by atoms with Crippen molar-refractivity contribution in [2.24, 2.45) is 0 Å². The smallest absolute Gasteiger partial charge is 0.255 e. The van der Waals surface area contributed by atoms with Gasteiger partial charge in [-0.15, -0.1) is 0 Å². The van der Waals surface area contributed by atoms with E-state index < -0.39 is 0 Å². The Labute approximate surface area is 158 Å². The second-order valence-electron chi connectivity index (χ2n) is 6.28. The van der Waals surface area contributed by atoms with Crippen LogP contribution in [0.5, 0.6) is 0 Å². The lowest BCUT2D eigenvalue weighted by Gasteiger charge is -2.12. The van der Waals surface area contributed by atoms with Gasteiger partial charge in [0, 0.05) is 42.8 Å². The molecular weight excluding hydrogens is 340 g/mol. The zero-order chi connectivity index (χ0) is 19.4. The Morgan fingerprint density at radius 1 is 1.04 bits per heavy atom. The van der Waals surface area contributed by atoms with E-state index in [1.165, 1.54) is 0 Å². The minimum Gasteiger partial charge on any atom is -0.384 e. The minimum absolute atomic E-state index is 0.124. The largest absolute Gasteiger partial charge is 0.384 e. The first-order valence-corrected chi connectivity index (χ1v) is 8.88. The molecule has 0 unspecified atom stereocenters. The van der Waals surface area contributed by atoms with Crippen molar-refractivity contribution in [2.45, 2.75) is 20.8 Å². The van der Waals surface area contributed by atoms with E-state index in [9.17, 15) is 4.79 Å². The molecule has 7 nitrogen and oxygen atoms in total. The Hall–Kier alpha value is -3.35. The van der Waals surface area contributed by atoms with Gasteiger partial charge in [0.2, 0.25) is 5.95 Å². The highest BCUT2D eigenvalue weighted by Gasteiger charge is 2.10. The van der Waals surface area contributed by atoms with Gasteiger partial charge in [-0.1, -0.05) is 6.07 Å². The van der Waals surface area contributed by atoms with E-state index in [0.717, 1.165) is 40.6 Å². The van der Waals surface area contributed by atoms with Crippen molar-refractivity contribution in [3.05, 3.63) is 58.1 Å². The third-order valence-electron chi connectivity index (χ3n) is 4.18. The normalized spacial score (nSPS) is 10.5. The van der Waals surface area contributed by atoms with Crippen LogP contribution in [0.15, 0.2) is 41.3 Å². The number of nitrogens with one attached hydrogen (secondary N) is 4. The predicted octanol–water partition coefficient (Wildman–Crippen LogP) is 3.67. The Morgan fingerprint density at radius 3 is 2.56 bits per heavy atom. The van der Waals surface area contributed by atoms with Crippen molar-refractivity contribution >= 4 is 23.1 Å².